The second kappa shape index (κ2) is 7.50. The molecule has 0 saturated carbocycles. The van der Waals surface area contributed by atoms with E-state index in [0.29, 0.717) is 17.6 Å². The predicted molar refractivity (Wildman–Crippen MR) is 101 cm³/mol. The third-order valence-electron chi connectivity index (χ3n) is 4.86. The van der Waals surface area contributed by atoms with E-state index in [0.717, 1.165) is 28.8 Å². The Morgan fingerprint density at radius 2 is 2.00 bits per heavy atom. The number of benzene rings is 1. The van der Waals surface area contributed by atoms with Crippen LogP contribution < -0.4 is 5.32 Å². The van der Waals surface area contributed by atoms with Gasteiger partial charge in [0.15, 0.2) is 5.82 Å². The minimum Gasteiger partial charge on any atom is -0.337 e. The summed E-state index contributed by atoms with van der Waals surface area (Å²) in [7, 11) is 1.69. The normalized spacial score (nSPS) is 15.8. The van der Waals surface area contributed by atoms with Gasteiger partial charge in [-0.05, 0) is 36.5 Å². The van der Waals surface area contributed by atoms with Crippen molar-refractivity contribution in [2.45, 2.75) is 53.0 Å². The van der Waals surface area contributed by atoms with Crippen LogP contribution in [0.4, 0.5) is 5.69 Å². The standard InChI is InChI=1S/C20H26N4O3/c1-11(2)8-15-21-16(27-23-15)10-24(5)17(25)9-14-18-12(3)6-7-13(4)19(18)22-20(14)26/h6-7,11,14H,8-10H2,1-5H3,(H,22,26). The van der Waals surface area contributed by atoms with E-state index in [1.165, 1.54) is 4.90 Å². The quantitative estimate of drug-likeness (QED) is 0.844. The van der Waals surface area contributed by atoms with Crippen molar-refractivity contribution in [3.05, 3.63) is 40.5 Å². The van der Waals surface area contributed by atoms with Crippen LogP contribution in [0.1, 0.15) is 54.6 Å². The summed E-state index contributed by atoms with van der Waals surface area (Å²) >= 11 is 0. The van der Waals surface area contributed by atoms with Crippen LogP contribution in [0.25, 0.3) is 0 Å². The van der Waals surface area contributed by atoms with E-state index in [1.807, 2.05) is 26.0 Å². The van der Waals surface area contributed by atoms with Gasteiger partial charge >= 0.3 is 0 Å². The molecule has 2 heterocycles. The van der Waals surface area contributed by atoms with E-state index in [2.05, 4.69) is 29.3 Å². The maximum absolute atomic E-state index is 12.7. The molecule has 3 rings (SSSR count). The van der Waals surface area contributed by atoms with E-state index in [9.17, 15) is 9.59 Å². The number of fused-ring (bicyclic) bond motifs is 1. The van der Waals surface area contributed by atoms with Crippen molar-refractivity contribution in [1.82, 2.24) is 15.0 Å². The zero-order valence-electron chi connectivity index (χ0n) is 16.5. The van der Waals surface area contributed by atoms with Crippen molar-refractivity contribution in [2.24, 2.45) is 5.92 Å². The molecule has 7 nitrogen and oxygen atoms in total. The first-order valence-electron chi connectivity index (χ1n) is 9.22. The van der Waals surface area contributed by atoms with Crippen LogP contribution in [0.5, 0.6) is 0 Å². The Balaban J connectivity index is 1.68. The Bertz CT molecular complexity index is 872. The molecule has 2 amide bonds. The average Bonchev–Trinajstić information content (AvgIpc) is 3.16. The van der Waals surface area contributed by atoms with Crippen LogP contribution in [0.3, 0.4) is 0 Å². The topological polar surface area (TPSA) is 88.3 Å². The molecule has 1 aliphatic heterocycles. The van der Waals surface area contributed by atoms with Gasteiger partial charge in [0.2, 0.25) is 17.7 Å². The van der Waals surface area contributed by atoms with Gasteiger partial charge in [-0.2, -0.15) is 4.98 Å². The first-order chi connectivity index (χ1) is 12.8. The maximum atomic E-state index is 12.7. The Morgan fingerprint density at radius 3 is 2.70 bits per heavy atom. The molecule has 0 saturated heterocycles. The fraction of sp³-hybridized carbons (Fsp3) is 0.500. The Hall–Kier alpha value is -2.70. The molecule has 2 aromatic rings. The van der Waals surface area contributed by atoms with Gasteiger partial charge < -0.3 is 14.7 Å². The molecule has 0 spiro atoms. The van der Waals surface area contributed by atoms with Gasteiger partial charge in [0.1, 0.15) is 0 Å². The number of rotatable bonds is 6. The third kappa shape index (κ3) is 4.02. The molecule has 27 heavy (non-hydrogen) atoms. The van der Waals surface area contributed by atoms with Crippen molar-refractivity contribution in [2.75, 3.05) is 12.4 Å². The van der Waals surface area contributed by atoms with E-state index < -0.39 is 5.92 Å². The molecular formula is C20H26N4O3. The SMILES string of the molecule is Cc1ccc(C)c2c1NC(=O)C2CC(=O)N(C)Cc1nc(CC(C)C)no1. The summed E-state index contributed by atoms with van der Waals surface area (Å²) in [4.78, 5) is 31.0. The summed E-state index contributed by atoms with van der Waals surface area (Å²) in [6.07, 6.45) is 0.853. The summed E-state index contributed by atoms with van der Waals surface area (Å²) in [6.45, 7) is 8.32. The Morgan fingerprint density at radius 1 is 1.30 bits per heavy atom. The number of hydrogen-bond acceptors (Lipinski definition) is 5. The molecule has 1 aromatic carbocycles. The highest BCUT2D eigenvalue weighted by Gasteiger charge is 2.35. The first-order valence-corrected chi connectivity index (χ1v) is 9.22. The van der Waals surface area contributed by atoms with Gasteiger partial charge in [-0.1, -0.05) is 31.1 Å². The van der Waals surface area contributed by atoms with Crippen LogP contribution in [0.2, 0.25) is 0 Å². The number of hydrogen-bond donors (Lipinski definition) is 1. The fourth-order valence-corrected chi connectivity index (χ4v) is 3.41. The Labute approximate surface area is 159 Å². The number of anilines is 1. The van der Waals surface area contributed by atoms with E-state index in [4.69, 9.17) is 4.52 Å². The molecule has 0 aliphatic carbocycles. The molecule has 1 aliphatic rings. The Kier molecular flexibility index (Phi) is 5.30. The molecule has 0 fully saturated rings. The number of amides is 2. The summed E-state index contributed by atoms with van der Waals surface area (Å²) in [5.41, 5.74) is 3.80. The van der Waals surface area contributed by atoms with Crippen LogP contribution >= 0.6 is 0 Å². The van der Waals surface area contributed by atoms with E-state index in [1.54, 1.807) is 7.05 Å². The predicted octanol–water partition coefficient (Wildman–Crippen LogP) is 2.97. The van der Waals surface area contributed by atoms with Crippen LogP contribution in [-0.2, 0) is 22.6 Å². The van der Waals surface area contributed by atoms with Crippen LogP contribution in [0.15, 0.2) is 16.7 Å². The fourth-order valence-electron chi connectivity index (χ4n) is 3.41. The largest absolute Gasteiger partial charge is 0.337 e. The van der Waals surface area contributed by atoms with Crippen molar-refractivity contribution < 1.29 is 14.1 Å². The highest BCUT2D eigenvalue weighted by atomic mass is 16.5. The van der Waals surface area contributed by atoms with Gasteiger partial charge in [0.25, 0.3) is 0 Å². The number of nitrogens with one attached hydrogen (secondary N) is 1. The zero-order chi connectivity index (χ0) is 19.7. The molecule has 7 heteroatoms. The maximum Gasteiger partial charge on any atom is 0.246 e. The lowest BCUT2D eigenvalue weighted by Crippen LogP contribution is -2.29. The van der Waals surface area contributed by atoms with Gasteiger partial charge in [-0.3, -0.25) is 9.59 Å². The summed E-state index contributed by atoms with van der Waals surface area (Å²) in [6, 6.07) is 3.97. The minimum absolute atomic E-state index is 0.118. The number of nitrogens with zero attached hydrogens (tertiary/aromatic N) is 3. The molecule has 0 radical (unpaired) electrons. The van der Waals surface area contributed by atoms with Crippen LogP contribution in [0, 0.1) is 19.8 Å². The van der Waals surface area contributed by atoms with E-state index in [-0.39, 0.29) is 24.8 Å². The lowest BCUT2D eigenvalue weighted by Gasteiger charge is -2.18. The minimum atomic E-state index is -0.464. The number of aryl methyl sites for hydroxylation is 2. The molecule has 1 atom stereocenters. The zero-order valence-corrected chi connectivity index (χ0v) is 16.5. The summed E-state index contributed by atoms with van der Waals surface area (Å²) in [5.74, 6) is 0.769. The van der Waals surface area contributed by atoms with Crippen molar-refractivity contribution in [3.63, 3.8) is 0 Å². The van der Waals surface area contributed by atoms with Crippen molar-refractivity contribution in [3.8, 4) is 0 Å². The molecule has 0 bridgehead atoms. The van der Waals surface area contributed by atoms with Gasteiger partial charge in [-0.15, -0.1) is 0 Å². The number of carbonyl (C=O) groups is 2. The molecule has 144 valence electrons. The number of aromatic nitrogens is 2. The van der Waals surface area contributed by atoms with Gasteiger partial charge in [-0.25, -0.2) is 0 Å². The summed E-state index contributed by atoms with van der Waals surface area (Å²) < 4.78 is 5.23. The third-order valence-corrected chi connectivity index (χ3v) is 4.86. The lowest BCUT2D eigenvalue weighted by molar-refractivity contribution is -0.133. The van der Waals surface area contributed by atoms with E-state index >= 15 is 0 Å². The lowest BCUT2D eigenvalue weighted by atomic mass is 9.91. The molecule has 1 unspecified atom stereocenters. The molecular weight excluding hydrogens is 344 g/mol. The first kappa shape index (κ1) is 19.1. The highest BCUT2D eigenvalue weighted by molar-refractivity contribution is 6.06. The summed E-state index contributed by atoms with van der Waals surface area (Å²) in [5, 5.41) is 6.87. The van der Waals surface area contributed by atoms with Gasteiger partial charge in [0, 0.05) is 25.6 Å². The van der Waals surface area contributed by atoms with Crippen LogP contribution in [-0.4, -0.2) is 33.9 Å². The smallest absolute Gasteiger partial charge is 0.246 e. The molecule has 1 aromatic heterocycles. The molecule has 1 N–H and O–H groups in total. The number of carbonyl (C=O) groups excluding carboxylic acids is 2. The van der Waals surface area contributed by atoms with Crippen molar-refractivity contribution >= 4 is 17.5 Å². The highest BCUT2D eigenvalue weighted by Crippen LogP contribution is 2.39. The second-order valence-corrected chi connectivity index (χ2v) is 7.69. The van der Waals surface area contributed by atoms with Crippen molar-refractivity contribution in [1.29, 1.82) is 0 Å². The van der Waals surface area contributed by atoms with Gasteiger partial charge in [0.05, 0.1) is 12.5 Å². The monoisotopic (exact) mass is 370 g/mol. The second-order valence-electron chi connectivity index (χ2n) is 7.69. The average molecular weight is 370 g/mol.